The maximum Gasteiger partial charge on any atom is 0.222 e. The Morgan fingerprint density at radius 3 is 2.81 bits per heavy atom. The molecule has 1 aliphatic heterocycles. The highest BCUT2D eigenvalue weighted by atomic mass is 35.5. The highest BCUT2D eigenvalue weighted by Crippen LogP contribution is 2.11. The summed E-state index contributed by atoms with van der Waals surface area (Å²) in [5.41, 5.74) is 1.09. The largest absolute Gasteiger partial charge is 0.375 e. The third-order valence-electron chi connectivity index (χ3n) is 4.22. The van der Waals surface area contributed by atoms with E-state index in [0.717, 1.165) is 42.6 Å². The third-order valence-corrected chi connectivity index (χ3v) is 4.47. The Labute approximate surface area is 161 Å². The summed E-state index contributed by atoms with van der Waals surface area (Å²) >= 11 is 5.87. The van der Waals surface area contributed by atoms with Crippen molar-refractivity contribution in [3.63, 3.8) is 0 Å². The molecule has 0 spiro atoms. The van der Waals surface area contributed by atoms with Gasteiger partial charge in [-0.25, -0.2) is 0 Å². The number of aliphatic imine (C=N–C) groups is 1. The van der Waals surface area contributed by atoms with Crippen molar-refractivity contribution in [2.45, 2.75) is 39.3 Å². The first-order chi connectivity index (χ1) is 12.6. The summed E-state index contributed by atoms with van der Waals surface area (Å²) in [7, 11) is 0. The van der Waals surface area contributed by atoms with Crippen LogP contribution in [0.25, 0.3) is 0 Å². The van der Waals surface area contributed by atoms with E-state index in [1.807, 2.05) is 43.0 Å². The molecule has 1 aromatic rings. The molecule has 0 aliphatic carbocycles. The number of rotatable bonds is 8. The first-order valence-corrected chi connectivity index (χ1v) is 9.65. The Hall–Kier alpha value is -1.79. The molecule has 1 aliphatic rings. The van der Waals surface area contributed by atoms with Crippen molar-refractivity contribution in [3.05, 3.63) is 34.9 Å². The van der Waals surface area contributed by atoms with E-state index in [1.165, 1.54) is 0 Å². The second-order valence-electron chi connectivity index (χ2n) is 6.26. The van der Waals surface area contributed by atoms with Crippen LogP contribution in [0.1, 0.15) is 32.3 Å². The zero-order valence-electron chi connectivity index (χ0n) is 15.6. The normalized spacial score (nSPS) is 17.4. The number of carbonyl (C=O) groups excluding carboxylic acids is 1. The molecule has 0 saturated carbocycles. The van der Waals surface area contributed by atoms with Gasteiger partial charge >= 0.3 is 0 Å². The number of carbonyl (C=O) groups is 1. The quantitative estimate of drug-likeness (QED) is 0.413. The lowest BCUT2D eigenvalue weighted by atomic mass is 10.2. The van der Waals surface area contributed by atoms with Gasteiger partial charge < -0.3 is 20.3 Å². The van der Waals surface area contributed by atoms with Crippen LogP contribution in [0.2, 0.25) is 5.02 Å². The molecule has 26 heavy (non-hydrogen) atoms. The predicted molar refractivity (Wildman–Crippen MR) is 105 cm³/mol. The Morgan fingerprint density at radius 1 is 1.35 bits per heavy atom. The zero-order valence-corrected chi connectivity index (χ0v) is 16.4. The second kappa shape index (κ2) is 11.0. The molecule has 1 unspecified atom stereocenters. The average molecular weight is 381 g/mol. The molecule has 0 radical (unpaired) electrons. The lowest BCUT2D eigenvalue weighted by Crippen LogP contribution is -2.45. The number of guanidine groups is 1. The lowest BCUT2D eigenvalue weighted by molar-refractivity contribution is -0.129. The van der Waals surface area contributed by atoms with Gasteiger partial charge in [-0.05, 0) is 31.0 Å². The van der Waals surface area contributed by atoms with Crippen molar-refractivity contribution in [2.75, 3.05) is 32.8 Å². The summed E-state index contributed by atoms with van der Waals surface area (Å²) in [5.74, 6) is 0.991. The van der Waals surface area contributed by atoms with Gasteiger partial charge in [-0.15, -0.1) is 0 Å². The third kappa shape index (κ3) is 6.84. The Morgan fingerprint density at radius 2 is 2.12 bits per heavy atom. The highest BCUT2D eigenvalue weighted by Gasteiger charge is 2.25. The van der Waals surface area contributed by atoms with Gasteiger partial charge in [0.25, 0.3) is 0 Å². The second-order valence-corrected chi connectivity index (χ2v) is 6.70. The molecule has 2 rings (SSSR count). The molecule has 1 amide bonds. The minimum Gasteiger partial charge on any atom is -0.375 e. The average Bonchev–Trinajstić information content (AvgIpc) is 3.11. The molecule has 1 fully saturated rings. The zero-order chi connectivity index (χ0) is 18.8. The van der Waals surface area contributed by atoms with Gasteiger partial charge in [-0.2, -0.15) is 0 Å². The van der Waals surface area contributed by atoms with Gasteiger partial charge in [0.15, 0.2) is 5.96 Å². The van der Waals surface area contributed by atoms with E-state index < -0.39 is 0 Å². The lowest BCUT2D eigenvalue weighted by Gasteiger charge is -2.18. The molecule has 1 atom stereocenters. The minimum atomic E-state index is 0.215. The van der Waals surface area contributed by atoms with Crippen LogP contribution in [-0.2, 0) is 16.1 Å². The summed E-state index contributed by atoms with van der Waals surface area (Å²) in [4.78, 5) is 18.2. The molecular weight excluding hydrogens is 352 g/mol. The van der Waals surface area contributed by atoms with Gasteiger partial charge in [-0.1, -0.05) is 30.7 Å². The van der Waals surface area contributed by atoms with Crippen molar-refractivity contribution in [1.82, 2.24) is 15.5 Å². The molecule has 7 heteroatoms. The number of nitrogens with one attached hydrogen (secondary N) is 2. The van der Waals surface area contributed by atoms with Crippen LogP contribution in [-0.4, -0.2) is 55.6 Å². The van der Waals surface area contributed by atoms with Crippen LogP contribution < -0.4 is 10.6 Å². The first-order valence-electron chi connectivity index (χ1n) is 9.27. The van der Waals surface area contributed by atoms with E-state index in [-0.39, 0.29) is 11.9 Å². The minimum absolute atomic E-state index is 0.215. The van der Waals surface area contributed by atoms with Gasteiger partial charge in [0.05, 0.1) is 19.8 Å². The summed E-state index contributed by atoms with van der Waals surface area (Å²) in [5, 5.41) is 7.39. The number of halogens is 1. The van der Waals surface area contributed by atoms with Crippen LogP contribution in [0, 0.1) is 0 Å². The number of likely N-dealkylation sites (tertiary alicyclic amines) is 1. The van der Waals surface area contributed by atoms with Gasteiger partial charge in [0.2, 0.25) is 5.91 Å². The Kier molecular flexibility index (Phi) is 8.71. The molecule has 144 valence electrons. The van der Waals surface area contributed by atoms with Crippen molar-refractivity contribution in [1.29, 1.82) is 0 Å². The van der Waals surface area contributed by atoms with E-state index in [4.69, 9.17) is 16.3 Å². The van der Waals surface area contributed by atoms with E-state index in [0.29, 0.717) is 26.2 Å². The number of hydrogen-bond donors (Lipinski definition) is 2. The number of nitrogens with zero attached hydrogens (tertiary/aromatic N) is 2. The Bertz CT molecular complexity index is 592. The molecule has 1 heterocycles. The fourth-order valence-corrected chi connectivity index (χ4v) is 2.96. The number of hydrogen-bond acceptors (Lipinski definition) is 3. The van der Waals surface area contributed by atoms with Crippen LogP contribution in [0.3, 0.4) is 0 Å². The summed E-state index contributed by atoms with van der Waals surface area (Å²) in [6.07, 6.45) is 1.51. The topological polar surface area (TPSA) is 66.0 Å². The predicted octanol–water partition coefficient (Wildman–Crippen LogP) is 2.42. The fourth-order valence-electron chi connectivity index (χ4n) is 2.83. The first kappa shape index (κ1) is 20.5. The van der Waals surface area contributed by atoms with E-state index >= 15 is 0 Å². The van der Waals surface area contributed by atoms with Crippen molar-refractivity contribution < 1.29 is 9.53 Å². The molecule has 2 N–H and O–H groups in total. The van der Waals surface area contributed by atoms with Crippen molar-refractivity contribution >= 4 is 23.5 Å². The monoisotopic (exact) mass is 380 g/mol. The molecule has 1 saturated heterocycles. The molecule has 6 nitrogen and oxygen atoms in total. The van der Waals surface area contributed by atoms with Crippen LogP contribution in [0.5, 0.6) is 0 Å². The van der Waals surface area contributed by atoms with Crippen LogP contribution in [0.4, 0.5) is 0 Å². The molecule has 0 aromatic heterocycles. The van der Waals surface area contributed by atoms with E-state index in [2.05, 4.69) is 15.6 Å². The van der Waals surface area contributed by atoms with Crippen molar-refractivity contribution in [2.24, 2.45) is 4.99 Å². The van der Waals surface area contributed by atoms with Gasteiger partial charge in [-0.3, -0.25) is 9.79 Å². The van der Waals surface area contributed by atoms with E-state index in [1.54, 1.807) is 0 Å². The van der Waals surface area contributed by atoms with Gasteiger partial charge in [0.1, 0.15) is 0 Å². The number of ether oxygens (including phenoxy) is 1. The van der Waals surface area contributed by atoms with Crippen LogP contribution in [0.15, 0.2) is 29.3 Å². The van der Waals surface area contributed by atoms with Crippen LogP contribution >= 0.6 is 11.6 Å². The molecule has 1 aromatic carbocycles. The standard InChI is InChI=1S/C19H29ClN4O2/c1-3-18(25)24-11-9-17(13-24)23-19(21-4-2)22-10-12-26-14-15-5-7-16(20)8-6-15/h5-8,17H,3-4,9-14H2,1-2H3,(H2,21,22,23). The molecular formula is C19H29ClN4O2. The van der Waals surface area contributed by atoms with Crippen molar-refractivity contribution in [3.8, 4) is 0 Å². The maximum atomic E-state index is 11.8. The smallest absolute Gasteiger partial charge is 0.222 e. The highest BCUT2D eigenvalue weighted by molar-refractivity contribution is 6.30. The number of benzene rings is 1. The summed E-state index contributed by atoms with van der Waals surface area (Å²) < 4.78 is 5.66. The summed E-state index contributed by atoms with van der Waals surface area (Å²) in [6.45, 7) is 7.96. The SMILES string of the molecule is CCNC(=NCCOCc1ccc(Cl)cc1)NC1CCN(C(=O)CC)C1. The summed E-state index contributed by atoms with van der Waals surface area (Å²) in [6, 6.07) is 7.89. The Balaban J connectivity index is 1.72. The number of amides is 1. The molecule has 0 bridgehead atoms. The maximum absolute atomic E-state index is 11.8. The fraction of sp³-hybridized carbons (Fsp3) is 0.579. The van der Waals surface area contributed by atoms with Gasteiger partial charge in [0, 0.05) is 37.1 Å². The van der Waals surface area contributed by atoms with E-state index in [9.17, 15) is 4.79 Å².